The molecule has 0 spiro atoms. The lowest BCUT2D eigenvalue weighted by atomic mass is 10.2. The van der Waals surface area contributed by atoms with E-state index in [0.29, 0.717) is 6.54 Å². The van der Waals surface area contributed by atoms with Crippen LogP contribution in [0.15, 0.2) is 23.1 Å². The minimum atomic E-state index is -0.123. The Morgan fingerprint density at radius 2 is 2.00 bits per heavy atom. The fraction of sp³-hybridized carbons (Fsp3) is 0.500. The lowest BCUT2D eigenvalue weighted by molar-refractivity contribution is 0.592. The molecule has 0 fully saturated rings. The molecule has 0 bridgehead atoms. The van der Waals surface area contributed by atoms with Crippen molar-refractivity contribution in [2.24, 2.45) is 0 Å². The highest BCUT2D eigenvalue weighted by Gasteiger charge is 2.17. The highest BCUT2D eigenvalue weighted by atomic mass is 32.2. The van der Waals surface area contributed by atoms with E-state index in [0.717, 1.165) is 10.5 Å². The molecule has 3 heteroatoms. The molecule has 0 heterocycles. The molecular formula is C12H18FNS. The Labute approximate surface area is 95.5 Å². The summed E-state index contributed by atoms with van der Waals surface area (Å²) in [5.41, 5.74) is 1.03. The van der Waals surface area contributed by atoms with Crippen LogP contribution in [0.1, 0.15) is 26.3 Å². The Morgan fingerprint density at radius 3 is 2.53 bits per heavy atom. The van der Waals surface area contributed by atoms with Crippen molar-refractivity contribution in [3.63, 3.8) is 0 Å². The molecule has 1 nitrogen and oxygen atoms in total. The zero-order valence-corrected chi connectivity index (χ0v) is 10.5. The minimum Gasteiger partial charge on any atom is -0.316 e. The second kappa shape index (κ2) is 4.99. The maximum Gasteiger partial charge on any atom is 0.137 e. The fourth-order valence-electron chi connectivity index (χ4n) is 1.30. The van der Waals surface area contributed by atoms with Crippen molar-refractivity contribution in [3.8, 4) is 0 Å². The molecule has 84 valence electrons. The van der Waals surface area contributed by atoms with E-state index in [1.807, 2.05) is 13.1 Å². The van der Waals surface area contributed by atoms with Gasteiger partial charge in [-0.25, -0.2) is 4.39 Å². The predicted molar refractivity (Wildman–Crippen MR) is 64.8 cm³/mol. The molecule has 0 saturated carbocycles. The van der Waals surface area contributed by atoms with Crippen molar-refractivity contribution in [3.05, 3.63) is 29.6 Å². The summed E-state index contributed by atoms with van der Waals surface area (Å²) in [6.45, 7) is 6.98. The van der Waals surface area contributed by atoms with Gasteiger partial charge in [0.2, 0.25) is 0 Å². The van der Waals surface area contributed by atoms with Gasteiger partial charge in [-0.2, -0.15) is 0 Å². The van der Waals surface area contributed by atoms with E-state index in [-0.39, 0.29) is 10.6 Å². The largest absolute Gasteiger partial charge is 0.316 e. The van der Waals surface area contributed by atoms with Crippen molar-refractivity contribution < 1.29 is 4.39 Å². The van der Waals surface area contributed by atoms with E-state index < -0.39 is 0 Å². The molecule has 1 rings (SSSR count). The Bertz CT molecular complexity index is 331. The third kappa shape index (κ3) is 3.84. The van der Waals surface area contributed by atoms with Gasteiger partial charge in [-0.05, 0) is 18.7 Å². The number of thioether (sulfide) groups is 1. The van der Waals surface area contributed by atoms with Crippen LogP contribution in [0.25, 0.3) is 0 Å². The van der Waals surface area contributed by atoms with Gasteiger partial charge in [0, 0.05) is 16.2 Å². The van der Waals surface area contributed by atoms with E-state index in [2.05, 4.69) is 26.1 Å². The number of halogens is 1. The zero-order chi connectivity index (χ0) is 11.5. The molecule has 0 aliphatic heterocycles. The van der Waals surface area contributed by atoms with Crippen LogP contribution in [-0.4, -0.2) is 11.8 Å². The van der Waals surface area contributed by atoms with Gasteiger partial charge in [0.05, 0.1) is 0 Å². The van der Waals surface area contributed by atoms with Crippen LogP contribution >= 0.6 is 11.8 Å². The average Bonchev–Trinajstić information content (AvgIpc) is 2.10. The predicted octanol–water partition coefficient (Wildman–Crippen LogP) is 3.44. The van der Waals surface area contributed by atoms with Crippen molar-refractivity contribution in [2.75, 3.05) is 7.05 Å². The van der Waals surface area contributed by atoms with Gasteiger partial charge >= 0.3 is 0 Å². The summed E-state index contributed by atoms with van der Waals surface area (Å²) in [5.74, 6) is -0.123. The van der Waals surface area contributed by atoms with E-state index in [4.69, 9.17) is 0 Å². The second-order valence-electron chi connectivity index (χ2n) is 4.47. The van der Waals surface area contributed by atoms with Gasteiger partial charge in [0.25, 0.3) is 0 Å². The van der Waals surface area contributed by atoms with Gasteiger partial charge in [0.1, 0.15) is 5.82 Å². The van der Waals surface area contributed by atoms with Crippen LogP contribution in [0.2, 0.25) is 0 Å². The van der Waals surface area contributed by atoms with Crippen LogP contribution in [0.5, 0.6) is 0 Å². The molecule has 0 aromatic heterocycles. The summed E-state index contributed by atoms with van der Waals surface area (Å²) < 4.78 is 13.7. The number of benzene rings is 1. The van der Waals surface area contributed by atoms with E-state index in [1.165, 1.54) is 6.07 Å². The molecule has 1 aromatic carbocycles. The van der Waals surface area contributed by atoms with Crippen LogP contribution in [-0.2, 0) is 6.54 Å². The van der Waals surface area contributed by atoms with Crippen LogP contribution < -0.4 is 5.32 Å². The monoisotopic (exact) mass is 227 g/mol. The maximum absolute atomic E-state index is 13.7. The first-order valence-electron chi connectivity index (χ1n) is 5.05. The normalized spacial score (nSPS) is 11.8. The molecular weight excluding hydrogens is 209 g/mol. The third-order valence-corrected chi connectivity index (χ3v) is 3.10. The first-order chi connectivity index (χ1) is 6.94. The summed E-state index contributed by atoms with van der Waals surface area (Å²) in [4.78, 5) is 0.763. The number of hydrogen-bond acceptors (Lipinski definition) is 2. The lowest BCUT2D eigenvalue weighted by Crippen LogP contribution is -2.11. The highest BCUT2D eigenvalue weighted by Crippen LogP contribution is 2.35. The molecule has 0 atom stereocenters. The quantitative estimate of drug-likeness (QED) is 0.794. The first kappa shape index (κ1) is 12.5. The van der Waals surface area contributed by atoms with Gasteiger partial charge in [-0.3, -0.25) is 0 Å². The molecule has 0 saturated heterocycles. The summed E-state index contributed by atoms with van der Waals surface area (Å²) in [5, 5.41) is 3.06. The average molecular weight is 227 g/mol. The van der Waals surface area contributed by atoms with Crippen molar-refractivity contribution in [1.82, 2.24) is 5.32 Å². The Kier molecular flexibility index (Phi) is 4.17. The Morgan fingerprint density at radius 1 is 1.33 bits per heavy atom. The minimum absolute atomic E-state index is 0.0324. The molecule has 1 aromatic rings. The molecule has 0 aliphatic carbocycles. The van der Waals surface area contributed by atoms with Crippen LogP contribution in [0, 0.1) is 5.82 Å². The molecule has 15 heavy (non-hydrogen) atoms. The van der Waals surface area contributed by atoms with Gasteiger partial charge in [-0.1, -0.05) is 32.9 Å². The zero-order valence-electron chi connectivity index (χ0n) is 9.73. The smallest absolute Gasteiger partial charge is 0.137 e. The first-order valence-corrected chi connectivity index (χ1v) is 5.86. The second-order valence-corrected chi connectivity index (χ2v) is 6.31. The van der Waals surface area contributed by atoms with Crippen LogP contribution in [0.3, 0.4) is 0 Å². The standard InChI is InChI=1S/C12H18FNS/c1-12(2,3)15-11-9(8-14-4)6-5-7-10(11)13/h5-7,14H,8H2,1-4H3. The van der Waals surface area contributed by atoms with Crippen molar-refractivity contribution >= 4 is 11.8 Å². The molecule has 0 aliphatic rings. The fourth-order valence-corrected chi connectivity index (χ4v) is 2.35. The highest BCUT2D eigenvalue weighted by molar-refractivity contribution is 8.00. The van der Waals surface area contributed by atoms with Crippen molar-refractivity contribution in [2.45, 2.75) is 37.0 Å². The summed E-state index contributed by atoms with van der Waals surface area (Å²) in [7, 11) is 1.87. The van der Waals surface area contributed by atoms with E-state index >= 15 is 0 Å². The summed E-state index contributed by atoms with van der Waals surface area (Å²) in [6.07, 6.45) is 0. The van der Waals surface area contributed by atoms with Crippen molar-refractivity contribution in [1.29, 1.82) is 0 Å². The molecule has 0 radical (unpaired) electrons. The molecule has 0 unspecified atom stereocenters. The lowest BCUT2D eigenvalue weighted by Gasteiger charge is -2.20. The van der Waals surface area contributed by atoms with E-state index in [1.54, 1.807) is 17.8 Å². The van der Waals surface area contributed by atoms with Gasteiger partial charge in [-0.15, -0.1) is 11.8 Å². The summed E-state index contributed by atoms with van der Waals surface area (Å²) >= 11 is 1.58. The SMILES string of the molecule is CNCc1cccc(F)c1SC(C)(C)C. The Hall–Kier alpha value is -0.540. The molecule has 0 amide bonds. The topological polar surface area (TPSA) is 12.0 Å². The number of rotatable bonds is 3. The van der Waals surface area contributed by atoms with E-state index in [9.17, 15) is 4.39 Å². The number of hydrogen-bond donors (Lipinski definition) is 1. The van der Waals surface area contributed by atoms with Gasteiger partial charge in [0.15, 0.2) is 0 Å². The third-order valence-electron chi connectivity index (χ3n) is 1.82. The van der Waals surface area contributed by atoms with Gasteiger partial charge < -0.3 is 5.32 Å². The number of nitrogens with one attached hydrogen (secondary N) is 1. The van der Waals surface area contributed by atoms with Crippen LogP contribution in [0.4, 0.5) is 4.39 Å². The Balaban J connectivity index is 3.02. The summed E-state index contributed by atoms with van der Waals surface area (Å²) in [6, 6.07) is 5.25. The maximum atomic E-state index is 13.7. The molecule has 1 N–H and O–H groups in total.